The van der Waals surface area contributed by atoms with E-state index in [0.717, 1.165) is 37.9 Å². The van der Waals surface area contributed by atoms with Crippen molar-refractivity contribution in [3.05, 3.63) is 36.0 Å². The predicted molar refractivity (Wildman–Crippen MR) is 348 cm³/mol. The first kappa shape index (κ1) is 77.0. The average Bonchev–Trinajstić information content (AvgIpc) is 2.12. The number of carbonyl (C=O) groups is 1. The van der Waals surface area contributed by atoms with Crippen LogP contribution in [-0.2, 0) is 50.9 Å². The van der Waals surface area contributed by atoms with E-state index in [1.165, 1.54) is 13.2 Å². The van der Waals surface area contributed by atoms with Crippen molar-refractivity contribution in [3.8, 4) is 0 Å². The number of aliphatic hydroxyl groups is 1. The van der Waals surface area contributed by atoms with Crippen LogP contribution in [0.5, 0.6) is 0 Å². The lowest BCUT2D eigenvalue weighted by atomic mass is 9.78. The Hall–Kier alpha value is -1.06. The molecular formula is C67H130O12Si3. The van der Waals surface area contributed by atoms with Crippen LogP contribution in [0.1, 0.15) is 204 Å². The quantitative estimate of drug-likeness (QED) is 0.0216. The second-order valence-corrected chi connectivity index (χ2v) is 44.9. The third kappa shape index (κ3) is 20.5. The highest BCUT2D eigenvalue weighted by molar-refractivity contribution is 6.77. The second kappa shape index (κ2) is 33.5. The molecule has 0 aromatic carbocycles. The fraction of sp³-hybridized carbons (Fsp3) is 0.896. The molecule has 0 spiro atoms. The number of hydrogen-bond donors (Lipinski definition) is 1. The van der Waals surface area contributed by atoms with Crippen molar-refractivity contribution in [1.82, 2.24) is 0 Å². The molecule has 0 radical (unpaired) electrons. The monoisotopic (exact) mass is 1210 g/mol. The van der Waals surface area contributed by atoms with E-state index >= 15 is 0 Å². The van der Waals surface area contributed by atoms with E-state index in [1.807, 2.05) is 21.1 Å². The van der Waals surface area contributed by atoms with Gasteiger partial charge in [0, 0.05) is 94.1 Å². The summed E-state index contributed by atoms with van der Waals surface area (Å²) < 4.78 is 66.6. The highest BCUT2D eigenvalue weighted by Gasteiger charge is 2.64. The fourth-order valence-corrected chi connectivity index (χ4v) is 26.4. The van der Waals surface area contributed by atoms with Crippen molar-refractivity contribution in [2.45, 2.75) is 310 Å². The molecule has 0 aliphatic carbocycles. The summed E-state index contributed by atoms with van der Waals surface area (Å²) >= 11 is 0. The number of rotatable bonds is 34. The number of carbonyl (C=O) groups excluding carboxylic acids is 1. The van der Waals surface area contributed by atoms with E-state index in [2.05, 4.69) is 177 Å². The van der Waals surface area contributed by atoms with Gasteiger partial charge >= 0.3 is 14.5 Å². The molecule has 0 saturated carbocycles. The molecule has 0 unspecified atom stereocenters. The summed E-state index contributed by atoms with van der Waals surface area (Å²) in [5, 5.41) is 11.6. The van der Waals surface area contributed by atoms with Crippen LogP contribution in [0, 0.1) is 35.5 Å². The number of allylic oxidation sites excluding steroid dienone is 2. The number of hydrogen-bond acceptors (Lipinski definition) is 12. The summed E-state index contributed by atoms with van der Waals surface area (Å²) in [5.41, 5.74) is 2.59. The molecule has 16 atom stereocenters. The molecule has 2 aliphatic heterocycles. The minimum Gasteiger partial charge on any atom is -0.466 e. The number of aliphatic hydroxyl groups excluding tert-OH is 1. The zero-order chi connectivity index (χ0) is 63.1. The first-order chi connectivity index (χ1) is 37.8. The van der Waals surface area contributed by atoms with Gasteiger partial charge in [0.15, 0.2) is 16.6 Å². The van der Waals surface area contributed by atoms with Crippen LogP contribution >= 0.6 is 0 Å². The molecule has 1 saturated heterocycles. The summed E-state index contributed by atoms with van der Waals surface area (Å²) in [5.74, 6) is 0.0482. The van der Waals surface area contributed by atoms with Crippen molar-refractivity contribution in [1.29, 1.82) is 0 Å². The maximum Gasteiger partial charge on any atom is 0.349 e. The normalized spacial score (nSPS) is 25.0. The molecule has 0 aromatic rings. The summed E-state index contributed by atoms with van der Waals surface area (Å²) in [6.45, 7) is 55.6. The maximum atomic E-state index is 12.0. The molecule has 0 aromatic heterocycles. The van der Waals surface area contributed by atoms with Gasteiger partial charge in [0.1, 0.15) is 0 Å². The van der Waals surface area contributed by atoms with Crippen LogP contribution in [0.25, 0.3) is 0 Å². The first-order valence-corrected chi connectivity index (χ1v) is 38.9. The van der Waals surface area contributed by atoms with Gasteiger partial charge in [-0.15, -0.1) is 0 Å². The second-order valence-electron chi connectivity index (χ2n) is 30.0. The van der Waals surface area contributed by atoms with Crippen LogP contribution in [0.4, 0.5) is 0 Å². The van der Waals surface area contributed by atoms with E-state index in [4.69, 9.17) is 46.1 Å². The van der Waals surface area contributed by atoms with Crippen molar-refractivity contribution < 1.29 is 56.0 Å². The molecule has 2 aliphatic rings. The Morgan fingerprint density at radius 2 is 1.27 bits per heavy atom. The van der Waals surface area contributed by atoms with Crippen molar-refractivity contribution in [2.75, 3.05) is 42.2 Å². The van der Waals surface area contributed by atoms with Gasteiger partial charge in [0.25, 0.3) is 0 Å². The molecule has 15 heteroatoms. The Morgan fingerprint density at radius 1 is 0.720 bits per heavy atom. The Labute approximate surface area is 507 Å². The summed E-state index contributed by atoms with van der Waals surface area (Å²) in [6, 6.07) is 0. The van der Waals surface area contributed by atoms with Crippen LogP contribution in [0.15, 0.2) is 36.0 Å². The Bertz CT molecular complexity index is 1900. The number of esters is 1. The molecule has 82 heavy (non-hydrogen) atoms. The molecule has 2 rings (SSSR count). The summed E-state index contributed by atoms with van der Waals surface area (Å²) in [4.78, 5) is 11.8. The SMILES string of the molecule is COC(=O)/C=C/C(C)=C/C[C@@H](C[C@@H]1C=CC[C@@H](C[C@H](OC)[C@@H](C)[C@H](C[C@@H](OC)[C@H](C)[C@@H]2O[Si](C(C)(C)C)(C(C)(C)C)O[C@@H]([C@@H](C)CC[C@H](O)[C@H](C)[C@H](OC)[C@H](C)CCO[Si](C(C)C)(C(C)C)C(C)C)[C@@H]2C)OC)O1)O[Si](C)(C)C(C)(C)C. The third-order valence-corrected chi connectivity index (χ3v) is 35.9. The van der Waals surface area contributed by atoms with Crippen LogP contribution in [0.3, 0.4) is 0 Å². The average molecular weight is 1210 g/mol. The lowest BCUT2D eigenvalue weighted by Gasteiger charge is -2.59. The Balaban J connectivity index is 2.35. The summed E-state index contributed by atoms with van der Waals surface area (Å²) in [6.07, 6.45) is 14.3. The van der Waals surface area contributed by atoms with Crippen LogP contribution in [-0.4, -0.2) is 139 Å². The van der Waals surface area contributed by atoms with E-state index in [9.17, 15) is 9.90 Å². The lowest BCUT2D eigenvalue weighted by Crippen LogP contribution is -2.68. The molecule has 0 amide bonds. The largest absolute Gasteiger partial charge is 0.466 e. The Kier molecular flexibility index (Phi) is 31.5. The molecule has 12 nitrogen and oxygen atoms in total. The first-order valence-electron chi connectivity index (χ1n) is 32.0. The van der Waals surface area contributed by atoms with E-state index < -0.39 is 31.3 Å². The highest BCUT2D eigenvalue weighted by Crippen LogP contribution is 2.58. The molecule has 482 valence electrons. The fourth-order valence-electron chi connectivity index (χ4n) is 14.2. The maximum absolute atomic E-state index is 12.0. The van der Waals surface area contributed by atoms with Crippen molar-refractivity contribution in [3.63, 3.8) is 0 Å². The van der Waals surface area contributed by atoms with Gasteiger partial charge in [0.2, 0.25) is 0 Å². The summed E-state index contributed by atoms with van der Waals surface area (Å²) in [7, 11) is 1.51. The van der Waals surface area contributed by atoms with Gasteiger partial charge in [-0.2, -0.15) is 0 Å². The van der Waals surface area contributed by atoms with Gasteiger partial charge in [0.05, 0.1) is 68.1 Å². The topological polar surface area (TPSA) is 130 Å². The van der Waals surface area contributed by atoms with Crippen LogP contribution < -0.4 is 0 Å². The zero-order valence-electron chi connectivity index (χ0n) is 58.2. The highest BCUT2D eigenvalue weighted by atomic mass is 28.4. The molecule has 1 N–H and O–H groups in total. The van der Waals surface area contributed by atoms with Crippen molar-refractivity contribution in [2.24, 2.45) is 35.5 Å². The lowest BCUT2D eigenvalue weighted by molar-refractivity contribution is -0.135. The van der Waals surface area contributed by atoms with Crippen LogP contribution in [0.2, 0.25) is 44.8 Å². The van der Waals surface area contributed by atoms with Gasteiger partial charge in [-0.05, 0) is 85.6 Å². The molecule has 0 bridgehead atoms. The van der Waals surface area contributed by atoms with E-state index in [1.54, 1.807) is 20.3 Å². The number of methoxy groups -OCH3 is 5. The van der Waals surface area contributed by atoms with Gasteiger partial charge in [-0.1, -0.05) is 175 Å². The molecule has 2 heterocycles. The smallest absolute Gasteiger partial charge is 0.349 e. The predicted octanol–water partition coefficient (Wildman–Crippen LogP) is 16.8. The van der Waals surface area contributed by atoms with E-state index in [0.29, 0.717) is 42.3 Å². The van der Waals surface area contributed by atoms with Gasteiger partial charge in [-0.3, -0.25) is 0 Å². The van der Waals surface area contributed by atoms with Gasteiger partial charge < -0.3 is 51.2 Å². The zero-order valence-corrected chi connectivity index (χ0v) is 61.2. The third-order valence-electron chi connectivity index (χ3n) is 20.1. The van der Waals surface area contributed by atoms with Crippen molar-refractivity contribution >= 4 is 31.2 Å². The molecular weight excluding hydrogens is 1080 g/mol. The minimum atomic E-state index is -3.02. The van der Waals surface area contributed by atoms with E-state index in [-0.39, 0.29) is 112 Å². The standard InChI is InChI=1S/C67H130O12Si3/c1-44(2)81(45(3)4,46(5)6)75-40-39-49(9)62(74-27)50(10)57(68)37-35-48(8)63-53(13)64(79-82(78-63,66(17,18)19)67(20,21)22)52(12)60(72-25)43-59(71-24)51(11)58(70-23)42-55-32-30-31-54(76-55)41-56(77-80(28,29)65(14,15)16)36-33-47(7)34-38-61(69)73-26/h30-31,33-34,38,44-46,48-60,62-64,68H,32,35-37,39-43H2,1-29H3/b38-34+,47-33+/t48-,49+,50-,51+,52-,53-,54-,55-,56-,57-,58-,59-,60+,62+,63-,64-/m0/s1. The molecule has 1 fully saturated rings. The Morgan fingerprint density at radius 3 is 1.76 bits per heavy atom. The minimum absolute atomic E-state index is 0.00515. The number of ether oxygens (including phenoxy) is 6. The van der Waals surface area contributed by atoms with Gasteiger partial charge in [-0.25, -0.2) is 4.79 Å².